The molecule has 5 nitrogen and oxygen atoms in total. The normalized spacial score (nSPS) is 12.5. The van der Waals surface area contributed by atoms with E-state index in [1.807, 2.05) is 6.92 Å². The predicted molar refractivity (Wildman–Crippen MR) is 51.8 cm³/mol. The smallest absolute Gasteiger partial charge is 0.274 e. The lowest BCUT2D eigenvalue weighted by Crippen LogP contribution is -2.16. The Bertz CT molecular complexity index is 352. The van der Waals surface area contributed by atoms with Crippen molar-refractivity contribution in [1.82, 2.24) is 0 Å². The predicted octanol–water partition coefficient (Wildman–Crippen LogP) is 0.895. The third kappa shape index (κ3) is 2.07. The van der Waals surface area contributed by atoms with E-state index in [9.17, 15) is 10.1 Å². The van der Waals surface area contributed by atoms with Crippen LogP contribution in [0, 0.1) is 17.0 Å². The van der Waals surface area contributed by atoms with Gasteiger partial charge in [-0.05, 0) is 13.0 Å². The third-order valence-electron chi connectivity index (χ3n) is 1.98. The second-order valence-corrected chi connectivity index (χ2v) is 3.11. The van der Waals surface area contributed by atoms with Crippen molar-refractivity contribution in [2.45, 2.75) is 13.0 Å². The maximum atomic E-state index is 10.6. The lowest BCUT2D eigenvalue weighted by molar-refractivity contribution is -0.385. The quantitative estimate of drug-likeness (QED) is 0.555. The van der Waals surface area contributed by atoms with Crippen molar-refractivity contribution in [3.05, 3.63) is 39.4 Å². The van der Waals surface area contributed by atoms with Crippen LogP contribution >= 0.6 is 0 Å². The number of nitro groups is 1. The summed E-state index contributed by atoms with van der Waals surface area (Å²) >= 11 is 0. The Morgan fingerprint density at radius 2 is 2.29 bits per heavy atom. The van der Waals surface area contributed by atoms with E-state index in [1.54, 1.807) is 12.1 Å². The summed E-state index contributed by atoms with van der Waals surface area (Å²) in [6.07, 6.45) is 0. The van der Waals surface area contributed by atoms with Crippen molar-refractivity contribution >= 4 is 5.69 Å². The average Bonchev–Trinajstić information content (AvgIpc) is 2.16. The molecule has 1 unspecified atom stereocenters. The van der Waals surface area contributed by atoms with Crippen LogP contribution in [0.25, 0.3) is 0 Å². The first-order valence-corrected chi connectivity index (χ1v) is 4.17. The van der Waals surface area contributed by atoms with Crippen molar-refractivity contribution in [3.63, 3.8) is 0 Å². The van der Waals surface area contributed by atoms with E-state index in [-0.39, 0.29) is 12.3 Å². The summed E-state index contributed by atoms with van der Waals surface area (Å²) in [5.41, 5.74) is 6.76. The molecule has 0 saturated heterocycles. The highest BCUT2D eigenvalue weighted by Gasteiger charge is 2.18. The Morgan fingerprint density at radius 3 is 2.79 bits per heavy atom. The van der Waals surface area contributed by atoms with E-state index in [1.165, 1.54) is 6.07 Å². The zero-order valence-electron chi connectivity index (χ0n) is 7.80. The first-order valence-electron chi connectivity index (χ1n) is 4.17. The summed E-state index contributed by atoms with van der Waals surface area (Å²) < 4.78 is 0. The molecule has 1 rings (SSSR count). The van der Waals surface area contributed by atoms with E-state index in [2.05, 4.69) is 0 Å². The van der Waals surface area contributed by atoms with Crippen LogP contribution < -0.4 is 5.73 Å². The molecule has 14 heavy (non-hydrogen) atoms. The van der Waals surface area contributed by atoms with Crippen LogP contribution in [0.1, 0.15) is 17.2 Å². The van der Waals surface area contributed by atoms with Gasteiger partial charge in [0.2, 0.25) is 0 Å². The highest BCUT2D eigenvalue weighted by atomic mass is 16.6. The largest absolute Gasteiger partial charge is 0.394 e. The second-order valence-electron chi connectivity index (χ2n) is 3.11. The van der Waals surface area contributed by atoms with Gasteiger partial charge in [0, 0.05) is 11.6 Å². The molecule has 0 saturated carbocycles. The van der Waals surface area contributed by atoms with Crippen LogP contribution in [0.5, 0.6) is 0 Å². The number of nitro benzene ring substituents is 1. The Hall–Kier alpha value is -1.46. The Labute approximate surface area is 81.3 Å². The molecule has 0 bridgehead atoms. The highest BCUT2D eigenvalue weighted by Crippen LogP contribution is 2.24. The van der Waals surface area contributed by atoms with Crippen molar-refractivity contribution < 1.29 is 10.0 Å². The van der Waals surface area contributed by atoms with Gasteiger partial charge in [0.15, 0.2) is 0 Å². The van der Waals surface area contributed by atoms with Gasteiger partial charge in [-0.3, -0.25) is 10.1 Å². The molecule has 0 aromatic heterocycles. The van der Waals surface area contributed by atoms with Gasteiger partial charge >= 0.3 is 0 Å². The van der Waals surface area contributed by atoms with Crippen LogP contribution in [0.2, 0.25) is 0 Å². The molecule has 0 amide bonds. The minimum atomic E-state index is -0.699. The summed E-state index contributed by atoms with van der Waals surface area (Å²) in [4.78, 5) is 10.1. The number of benzene rings is 1. The summed E-state index contributed by atoms with van der Waals surface area (Å²) in [5.74, 6) is 0. The number of aliphatic hydroxyl groups is 1. The van der Waals surface area contributed by atoms with E-state index in [4.69, 9.17) is 10.8 Å². The maximum Gasteiger partial charge on any atom is 0.274 e. The summed E-state index contributed by atoms with van der Waals surface area (Å²) in [6, 6.07) is 3.97. The van der Waals surface area contributed by atoms with Crippen molar-refractivity contribution in [3.8, 4) is 0 Å². The molecule has 76 valence electrons. The second kappa shape index (κ2) is 4.17. The molecule has 0 aliphatic carbocycles. The Kier molecular flexibility index (Phi) is 3.16. The fraction of sp³-hybridized carbons (Fsp3) is 0.333. The van der Waals surface area contributed by atoms with Crippen molar-refractivity contribution in [2.75, 3.05) is 6.61 Å². The molecule has 0 fully saturated rings. The number of hydrogen-bond donors (Lipinski definition) is 2. The highest BCUT2D eigenvalue weighted by molar-refractivity contribution is 5.44. The van der Waals surface area contributed by atoms with Gasteiger partial charge in [0.05, 0.1) is 17.6 Å². The molecule has 5 heteroatoms. The number of aryl methyl sites for hydroxylation is 1. The standard InChI is InChI=1S/C9H12N2O3/c1-6-2-3-9(11(13)14)7(4-6)8(10)5-12/h2-4,8,12H,5,10H2,1H3. The summed E-state index contributed by atoms with van der Waals surface area (Å²) in [7, 11) is 0. The van der Waals surface area contributed by atoms with Gasteiger partial charge in [0.1, 0.15) is 0 Å². The van der Waals surface area contributed by atoms with Gasteiger partial charge in [0.25, 0.3) is 5.69 Å². The molecular weight excluding hydrogens is 184 g/mol. The van der Waals surface area contributed by atoms with Gasteiger partial charge < -0.3 is 10.8 Å². The van der Waals surface area contributed by atoms with Gasteiger partial charge in [-0.15, -0.1) is 0 Å². The minimum Gasteiger partial charge on any atom is -0.394 e. The molecule has 0 heterocycles. The first-order chi connectivity index (χ1) is 6.56. The molecule has 0 aliphatic heterocycles. The Balaban J connectivity index is 3.22. The van der Waals surface area contributed by atoms with Crippen LogP contribution in [-0.2, 0) is 0 Å². The van der Waals surface area contributed by atoms with Gasteiger partial charge in [-0.25, -0.2) is 0 Å². The van der Waals surface area contributed by atoms with Gasteiger partial charge in [-0.2, -0.15) is 0 Å². The van der Waals surface area contributed by atoms with Crippen LogP contribution in [-0.4, -0.2) is 16.6 Å². The van der Waals surface area contributed by atoms with Crippen molar-refractivity contribution in [2.24, 2.45) is 5.73 Å². The number of nitrogens with zero attached hydrogens (tertiary/aromatic N) is 1. The molecule has 0 spiro atoms. The zero-order valence-corrected chi connectivity index (χ0v) is 7.80. The molecule has 0 radical (unpaired) electrons. The molecule has 1 aromatic rings. The SMILES string of the molecule is Cc1ccc([N+](=O)[O-])c(C(N)CO)c1. The third-order valence-corrected chi connectivity index (χ3v) is 1.98. The fourth-order valence-electron chi connectivity index (χ4n) is 1.24. The van der Waals surface area contributed by atoms with E-state index in [0.717, 1.165) is 5.56 Å². The number of nitrogens with two attached hydrogens (primary N) is 1. The molecular formula is C9H12N2O3. The van der Waals surface area contributed by atoms with Crippen molar-refractivity contribution in [1.29, 1.82) is 0 Å². The van der Waals surface area contributed by atoms with Gasteiger partial charge in [-0.1, -0.05) is 11.6 Å². The Morgan fingerprint density at radius 1 is 1.64 bits per heavy atom. The number of rotatable bonds is 3. The first kappa shape index (κ1) is 10.6. The molecule has 3 N–H and O–H groups in total. The maximum absolute atomic E-state index is 10.6. The summed E-state index contributed by atoms with van der Waals surface area (Å²) in [5, 5.41) is 19.5. The monoisotopic (exact) mass is 196 g/mol. The van der Waals surface area contributed by atoms with E-state index >= 15 is 0 Å². The molecule has 0 aliphatic rings. The average molecular weight is 196 g/mol. The lowest BCUT2D eigenvalue weighted by Gasteiger charge is -2.09. The fourth-order valence-corrected chi connectivity index (χ4v) is 1.24. The van der Waals surface area contributed by atoms with E-state index < -0.39 is 11.0 Å². The minimum absolute atomic E-state index is 0.0443. The topological polar surface area (TPSA) is 89.4 Å². The lowest BCUT2D eigenvalue weighted by atomic mass is 10.0. The number of aliphatic hydroxyl groups excluding tert-OH is 1. The molecule has 1 atom stereocenters. The van der Waals surface area contributed by atoms with E-state index in [0.29, 0.717) is 5.56 Å². The van der Waals surface area contributed by atoms with Crippen LogP contribution in [0.15, 0.2) is 18.2 Å². The van der Waals surface area contributed by atoms with Crippen LogP contribution in [0.3, 0.4) is 0 Å². The number of hydrogen-bond acceptors (Lipinski definition) is 4. The molecule has 1 aromatic carbocycles. The zero-order chi connectivity index (χ0) is 10.7. The summed E-state index contributed by atoms with van der Waals surface area (Å²) in [6.45, 7) is 1.52. The van der Waals surface area contributed by atoms with Crippen LogP contribution in [0.4, 0.5) is 5.69 Å².